The van der Waals surface area contributed by atoms with Crippen molar-refractivity contribution in [2.45, 2.75) is 19.8 Å². The van der Waals surface area contributed by atoms with Gasteiger partial charge in [-0.1, -0.05) is 6.92 Å². The van der Waals surface area contributed by atoms with E-state index < -0.39 is 0 Å². The third kappa shape index (κ3) is 2.72. The lowest BCUT2D eigenvalue weighted by atomic mass is 10.1. The number of rotatable bonds is 3. The molecule has 0 bridgehead atoms. The number of carbonyl (C=O) groups is 1. The summed E-state index contributed by atoms with van der Waals surface area (Å²) >= 11 is 1.98. The topological polar surface area (TPSA) is 29.1 Å². The zero-order valence-corrected chi connectivity index (χ0v) is 11.2. The minimum Gasteiger partial charge on any atom is -0.351 e. The van der Waals surface area contributed by atoms with Crippen LogP contribution in [0.5, 0.6) is 0 Å². The molecule has 0 atom stereocenters. The highest BCUT2D eigenvalue weighted by molar-refractivity contribution is 14.1. The zero-order chi connectivity index (χ0) is 11.8. The Morgan fingerprint density at radius 3 is 2.81 bits per heavy atom. The number of nitrogens with one attached hydrogen (secondary N) is 1. The summed E-state index contributed by atoms with van der Waals surface area (Å²) in [6.07, 6.45) is 2.35. The first kappa shape index (κ1) is 11.8. The monoisotopic (exact) mass is 333 g/mol. The van der Waals surface area contributed by atoms with E-state index in [1.54, 1.807) is 0 Å². The highest BCUT2D eigenvalue weighted by atomic mass is 127. The normalized spacial score (nSPS) is 16.9. The van der Waals surface area contributed by atoms with E-state index in [0.717, 1.165) is 0 Å². The first-order chi connectivity index (χ1) is 7.50. The molecule has 2 nitrogen and oxygen atoms in total. The summed E-state index contributed by atoms with van der Waals surface area (Å²) in [4.78, 5) is 11.8. The average molecular weight is 333 g/mol. The van der Waals surface area contributed by atoms with E-state index in [1.165, 1.54) is 31.0 Å². The van der Waals surface area contributed by atoms with Crippen molar-refractivity contribution in [2.24, 2.45) is 5.41 Å². The number of halogens is 2. The Morgan fingerprint density at radius 2 is 2.25 bits per heavy atom. The van der Waals surface area contributed by atoms with Crippen molar-refractivity contribution < 1.29 is 9.18 Å². The Labute approximate surface area is 108 Å². The highest BCUT2D eigenvalue weighted by Crippen LogP contribution is 2.44. The van der Waals surface area contributed by atoms with Gasteiger partial charge in [0.1, 0.15) is 5.82 Å². The Bertz CT molecular complexity index is 429. The van der Waals surface area contributed by atoms with Crippen LogP contribution < -0.4 is 5.32 Å². The molecule has 0 aliphatic heterocycles. The molecular weight excluding hydrogens is 320 g/mol. The molecule has 0 saturated heterocycles. The maximum atomic E-state index is 12.9. The summed E-state index contributed by atoms with van der Waals surface area (Å²) in [6, 6.07) is 4.21. The lowest BCUT2D eigenvalue weighted by molar-refractivity contribution is 0.0945. The van der Waals surface area contributed by atoms with Crippen LogP contribution in [-0.4, -0.2) is 12.5 Å². The molecule has 86 valence electrons. The van der Waals surface area contributed by atoms with Gasteiger partial charge < -0.3 is 5.32 Å². The van der Waals surface area contributed by atoms with Crippen LogP contribution in [0.2, 0.25) is 0 Å². The van der Waals surface area contributed by atoms with Crippen molar-refractivity contribution in [3.63, 3.8) is 0 Å². The van der Waals surface area contributed by atoms with Gasteiger partial charge in [0.05, 0.1) is 5.56 Å². The predicted octanol–water partition coefficient (Wildman–Crippen LogP) is 2.96. The standard InChI is InChI=1S/C12H13FINO/c1-12(4-5-12)7-15-11(16)9-3-2-8(13)6-10(9)14/h2-3,6H,4-5,7H2,1H3,(H,15,16). The first-order valence-electron chi connectivity index (χ1n) is 5.23. The average Bonchev–Trinajstić information content (AvgIpc) is 2.94. The molecule has 0 unspecified atom stereocenters. The zero-order valence-electron chi connectivity index (χ0n) is 9.02. The molecule has 1 amide bonds. The molecule has 0 aromatic heterocycles. The fraction of sp³-hybridized carbons (Fsp3) is 0.417. The number of hydrogen-bond donors (Lipinski definition) is 1. The van der Waals surface area contributed by atoms with Crippen molar-refractivity contribution in [1.82, 2.24) is 5.32 Å². The van der Waals surface area contributed by atoms with E-state index in [1.807, 2.05) is 22.6 Å². The molecular formula is C12H13FINO. The van der Waals surface area contributed by atoms with E-state index in [-0.39, 0.29) is 11.7 Å². The molecule has 0 spiro atoms. The van der Waals surface area contributed by atoms with Gasteiger partial charge in [-0.2, -0.15) is 0 Å². The van der Waals surface area contributed by atoms with Gasteiger partial charge in [-0.15, -0.1) is 0 Å². The Morgan fingerprint density at radius 1 is 1.56 bits per heavy atom. The van der Waals surface area contributed by atoms with Crippen LogP contribution in [0.15, 0.2) is 18.2 Å². The van der Waals surface area contributed by atoms with Crippen molar-refractivity contribution in [1.29, 1.82) is 0 Å². The fourth-order valence-electron chi connectivity index (χ4n) is 1.45. The maximum Gasteiger partial charge on any atom is 0.252 e. The summed E-state index contributed by atoms with van der Waals surface area (Å²) in [5.74, 6) is -0.423. The van der Waals surface area contributed by atoms with Gasteiger partial charge in [0, 0.05) is 10.1 Å². The van der Waals surface area contributed by atoms with Gasteiger partial charge in [0.2, 0.25) is 0 Å². The molecule has 1 aromatic carbocycles. The second-order valence-corrected chi connectivity index (χ2v) is 5.78. The summed E-state index contributed by atoms with van der Waals surface area (Å²) in [6.45, 7) is 2.86. The molecule has 16 heavy (non-hydrogen) atoms. The summed E-state index contributed by atoms with van der Waals surface area (Å²) < 4.78 is 13.5. The first-order valence-corrected chi connectivity index (χ1v) is 6.31. The Hall–Kier alpha value is -0.650. The van der Waals surface area contributed by atoms with Gasteiger partial charge in [-0.3, -0.25) is 4.79 Å². The third-order valence-corrected chi connectivity index (χ3v) is 3.85. The number of benzene rings is 1. The lowest BCUT2D eigenvalue weighted by Gasteiger charge is -2.10. The minimum absolute atomic E-state index is 0.113. The van der Waals surface area contributed by atoms with Crippen molar-refractivity contribution in [2.75, 3.05) is 6.54 Å². The summed E-state index contributed by atoms with van der Waals surface area (Å²) in [7, 11) is 0. The lowest BCUT2D eigenvalue weighted by Crippen LogP contribution is -2.29. The molecule has 1 aliphatic carbocycles. The molecule has 1 fully saturated rings. The highest BCUT2D eigenvalue weighted by Gasteiger charge is 2.37. The van der Waals surface area contributed by atoms with E-state index in [4.69, 9.17) is 0 Å². The van der Waals surface area contributed by atoms with Crippen LogP contribution in [0.4, 0.5) is 4.39 Å². The molecule has 1 aliphatic rings. The van der Waals surface area contributed by atoms with E-state index in [2.05, 4.69) is 12.2 Å². The molecule has 0 heterocycles. The molecule has 0 radical (unpaired) electrons. The van der Waals surface area contributed by atoms with Gasteiger partial charge in [-0.05, 0) is 59.0 Å². The predicted molar refractivity (Wildman–Crippen MR) is 68.8 cm³/mol. The number of hydrogen-bond acceptors (Lipinski definition) is 1. The van der Waals surface area contributed by atoms with Crippen molar-refractivity contribution in [3.05, 3.63) is 33.1 Å². The third-order valence-electron chi connectivity index (χ3n) is 2.96. The fourth-order valence-corrected chi connectivity index (χ4v) is 2.17. The van der Waals surface area contributed by atoms with Crippen molar-refractivity contribution >= 4 is 28.5 Å². The quantitative estimate of drug-likeness (QED) is 0.847. The van der Waals surface area contributed by atoms with Crippen LogP contribution in [-0.2, 0) is 0 Å². The van der Waals surface area contributed by atoms with Gasteiger partial charge in [0.15, 0.2) is 0 Å². The molecule has 2 rings (SSSR count). The van der Waals surface area contributed by atoms with Gasteiger partial charge in [-0.25, -0.2) is 4.39 Å². The number of carbonyl (C=O) groups excluding carboxylic acids is 1. The van der Waals surface area contributed by atoms with Crippen molar-refractivity contribution in [3.8, 4) is 0 Å². The van der Waals surface area contributed by atoms with Crippen LogP contribution >= 0.6 is 22.6 Å². The Balaban J connectivity index is 2.02. The van der Waals surface area contributed by atoms with E-state index in [9.17, 15) is 9.18 Å². The van der Waals surface area contributed by atoms with Crippen LogP contribution in [0, 0.1) is 14.8 Å². The van der Waals surface area contributed by atoms with Gasteiger partial charge >= 0.3 is 0 Å². The Kier molecular flexibility index (Phi) is 3.19. The summed E-state index contributed by atoms with van der Waals surface area (Å²) in [5, 5.41) is 2.90. The molecule has 1 N–H and O–H groups in total. The maximum absolute atomic E-state index is 12.9. The SMILES string of the molecule is CC1(CNC(=O)c2ccc(F)cc2I)CC1. The number of amides is 1. The largest absolute Gasteiger partial charge is 0.351 e. The molecule has 1 saturated carbocycles. The van der Waals surface area contributed by atoms with Gasteiger partial charge in [0.25, 0.3) is 5.91 Å². The second-order valence-electron chi connectivity index (χ2n) is 4.62. The van der Waals surface area contributed by atoms with E-state index in [0.29, 0.717) is 21.1 Å². The van der Waals surface area contributed by atoms with Crippen LogP contribution in [0.1, 0.15) is 30.1 Å². The van der Waals surface area contributed by atoms with Crippen LogP contribution in [0.25, 0.3) is 0 Å². The van der Waals surface area contributed by atoms with E-state index >= 15 is 0 Å². The minimum atomic E-state index is -0.310. The smallest absolute Gasteiger partial charge is 0.252 e. The van der Waals surface area contributed by atoms with Crippen LogP contribution in [0.3, 0.4) is 0 Å². The molecule has 4 heteroatoms. The molecule has 1 aromatic rings. The second kappa shape index (κ2) is 4.31. The summed E-state index contributed by atoms with van der Waals surface area (Å²) in [5.41, 5.74) is 0.840.